The summed E-state index contributed by atoms with van der Waals surface area (Å²) >= 11 is 0. The van der Waals surface area contributed by atoms with Crippen LogP contribution in [0.15, 0.2) is 91.4 Å². The first-order chi connectivity index (χ1) is 16.8. The van der Waals surface area contributed by atoms with E-state index in [1.54, 1.807) is 0 Å². The van der Waals surface area contributed by atoms with Gasteiger partial charge in [-0.15, -0.1) is 0 Å². The molecule has 0 atom stereocenters. The van der Waals surface area contributed by atoms with Crippen LogP contribution in [-0.2, 0) is 0 Å². The van der Waals surface area contributed by atoms with Crippen LogP contribution in [0.4, 0.5) is 0 Å². The van der Waals surface area contributed by atoms with Crippen LogP contribution < -0.4 is 0 Å². The van der Waals surface area contributed by atoms with Crippen LogP contribution in [-0.4, -0.2) is 17.5 Å². The van der Waals surface area contributed by atoms with Crippen molar-refractivity contribution in [2.45, 2.75) is 58.2 Å². The van der Waals surface area contributed by atoms with E-state index in [4.69, 9.17) is 4.98 Å². The van der Waals surface area contributed by atoms with Crippen molar-refractivity contribution in [3.05, 3.63) is 91.4 Å². The van der Waals surface area contributed by atoms with Gasteiger partial charge < -0.3 is 4.23 Å². The Bertz CT molecular complexity index is 1470. The second-order valence-electron chi connectivity index (χ2n) is 10.8. The molecule has 0 radical (unpaired) electrons. The van der Waals surface area contributed by atoms with Gasteiger partial charge in [-0.1, -0.05) is 90.1 Å². The zero-order valence-corrected chi connectivity index (χ0v) is 22.8. The summed E-state index contributed by atoms with van der Waals surface area (Å²) in [6.07, 6.45) is 6.68. The van der Waals surface area contributed by atoms with Gasteiger partial charge >= 0.3 is 0 Å². The van der Waals surface area contributed by atoms with Gasteiger partial charge in [-0.25, -0.2) is 0 Å². The van der Waals surface area contributed by atoms with Crippen LogP contribution in [0.3, 0.4) is 0 Å². The molecule has 3 aromatic carbocycles. The molecule has 0 spiro atoms. The van der Waals surface area contributed by atoms with Crippen molar-refractivity contribution in [1.29, 1.82) is 0 Å². The third-order valence-corrected chi connectivity index (χ3v) is 14.8. The molecule has 0 amide bonds. The first kappa shape index (κ1) is 23.6. The van der Waals surface area contributed by atoms with Gasteiger partial charge in [-0.3, -0.25) is 4.98 Å². The number of nitrogens with zero attached hydrogens (tertiary/aromatic N) is 2. The average molecular weight is 477 g/mol. The highest BCUT2D eigenvalue weighted by Gasteiger charge is 2.44. The largest absolute Gasteiger partial charge is 0.379 e. The number of rotatable bonds is 6. The fourth-order valence-electron chi connectivity index (χ4n) is 6.73. The Morgan fingerprint density at radius 3 is 2.09 bits per heavy atom. The summed E-state index contributed by atoms with van der Waals surface area (Å²) in [5.74, 6) is 0. The van der Waals surface area contributed by atoms with Crippen molar-refractivity contribution in [2.75, 3.05) is 0 Å². The van der Waals surface area contributed by atoms with Crippen LogP contribution in [0.1, 0.15) is 41.5 Å². The number of benzene rings is 3. The molecule has 3 heteroatoms. The molecule has 2 aromatic heterocycles. The lowest BCUT2D eigenvalue weighted by atomic mass is 9.93. The predicted octanol–water partition coefficient (Wildman–Crippen LogP) is 9.55. The number of hydrogen-bond acceptors (Lipinski definition) is 1. The first-order valence-electron chi connectivity index (χ1n) is 12.9. The molecule has 0 aliphatic heterocycles. The van der Waals surface area contributed by atoms with Crippen LogP contribution >= 0.6 is 0 Å². The Hall–Kier alpha value is -3.17. The van der Waals surface area contributed by atoms with Gasteiger partial charge in [0, 0.05) is 23.3 Å². The molecule has 0 fully saturated rings. The minimum atomic E-state index is -1.78. The monoisotopic (exact) mass is 476 g/mol. The Morgan fingerprint density at radius 1 is 0.657 bits per heavy atom. The topological polar surface area (TPSA) is 17.8 Å². The summed E-state index contributed by atoms with van der Waals surface area (Å²) in [6.45, 7) is 14.5. The third-order valence-electron chi connectivity index (χ3n) is 8.03. The van der Waals surface area contributed by atoms with E-state index in [2.05, 4.69) is 125 Å². The molecule has 35 heavy (non-hydrogen) atoms. The SMILES string of the molecule is CC(C)[Si](C(C)C)(C(C)C)n1ccc(-c2cc(-c3cccc4ccccc34)c3ncccc3c2)c1. The van der Waals surface area contributed by atoms with Gasteiger partial charge in [0.1, 0.15) is 0 Å². The number of pyridine rings is 1. The maximum Gasteiger partial charge on any atom is 0.168 e. The Morgan fingerprint density at radius 2 is 1.34 bits per heavy atom. The number of fused-ring (bicyclic) bond motifs is 2. The summed E-state index contributed by atoms with van der Waals surface area (Å²) in [5.41, 5.74) is 8.02. The summed E-state index contributed by atoms with van der Waals surface area (Å²) in [7, 11) is -1.78. The van der Waals surface area contributed by atoms with E-state index < -0.39 is 8.24 Å². The highest BCUT2D eigenvalue weighted by atomic mass is 28.3. The highest BCUT2D eigenvalue weighted by molar-refractivity contribution is 6.82. The summed E-state index contributed by atoms with van der Waals surface area (Å²) in [4.78, 5) is 4.81. The quantitative estimate of drug-likeness (QED) is 0.223. The van der Waals surface area contributed by atoms with Crippen LogP contribution in [0.2, 0.25) is 16.6 Å². The molecule has 0 aliphatic carbocycles. The van der Waals surface area contributed by atoms with Crippen LogP contribution in [0.25, 0.3) is 43.9 Å². The Labute approximate surface area is 210 Å². The van der Waals surface area contributed by atoms with Gasteiger partial charge in [0.05, 0.1) is 5.52 Å². The van der Waals surface area contributed by atoms with E-state index in [1.165, 1.54) is 38.4 Å². The maximum atomic E-state index is 4.81. The van der Waals surface area contributed by atoms with E-state index in [0.29, 0.717) is 16.6 Å². The molecular formula is C32H36N2Si. The minimum Gasteiger partial charge on any atom is -0.379 e. The fraction of sp³-hybridized carbons (Fsp3) is 0.281. The summed E-state index contributed by atoms with van der Waals surface area (Å²) < 4.78 is 2.63. The Balaban J connectivity index is 1.72. The summed E-state index contributed by atoms with van der Waals surface area (Å²) in [6, 6.07) is 26.4. The van der Waals surface area contributed by atoms with Gasteiger partial charge in [-0.2, -0.15) is 0 Å². The number of hydrogen-bond donors (Lipinski definition) is 0. The second kappa shape index (κ2) is 9.12. The lowest BCUT2D eigenvalue weighted by molar-refractivity contribution is 0.766. The molecule has 0 aliphatic rings. The van der Waals surface area contributed by atoms with E-state index in [-0.39, 0.29) is 0 Å². The molecule has 0 bridgehead atoms. The smallest absolute Gasteiger partial charge is 0.168 e. The van der Waals surface area contributed by atoms with Crippen LogP contribution in [0, 0.1) is 0 Å². The van der Waals surface area contributed by atoms with Crippen molar-refractivity contribution < 1.29 is 0 Å². The molecule has 0 saturated carbocycles. The molecular weight excluding hydrogens is 440 g/mol. The third kappa shape index (κ3) is 3.83. The molecule has 5 aromatic rings. The lowest BCUT2D eigenvalue weighted by Gasteiger charge is -2.44. The maximum absolute atomic E-state index is 4.81. The normalized spacial score (nSPS) is 12.5. The van der Waals surface area contributed by atoms with Crippen molar-refractivity contribution in [2.24, 2.45) is 0 Å². The van der Waals surface area contributed by atoms with Gasteiger partial charge in [0.15, 0.2) is 8.24 Å². The van der Waals surface area contributed by atoms with Crippen molar-refractivity contribution >= 4 is 29.9 Å². The highest BCUT2D eigenvalue weighted by Crippen LogP contribution is 2.44. The fourth-order valence-corrected chi connectivity index (χ4v) is 13.2. The van der Waals surface area contributed by atoms with Gasteiger partial charge in [0.2, 0.25) is 0 Å². The van der Waals surface area contributed by atoms with Crippen molar-refractivity contribution in [1.82, 2.24) is 9.22 Å². The second-order valence-corrected chi connectivity index (χ2v) is 16.5. The van der Waals surface area contributed by atoms with E-state index >= 15 is 0 Å². The molecule has 0 saturated heterocycles. The van der Waals surface area contributed by atoms with Crippen molar-refractivity contribution in [3.63, 3.8) is 0 Å². The Kier molecular flexibility index (Phi) is 6.14. The molecule has 2 heterocycles. The molecule has 178 valence electrons. The standard InChI is InChI=1S/C32H36N2Si/c1-22(2)35(23(3)4,24(5)6)34-18-16-27(21-34)28-19-26-13-10-17-33-32(26)31(20-28)30-15-9-12-25-11-7-8-14-29(25)30/h7-24H,1-6H3. The van der Waals surface area contributed by atoms with E-state index in [1.807, 2.05) is 12.3 Å². The first-order valence-corrected chi connectivity index (χ1v) is 15.1. The van der Waals surface area contributed by atoms with Gasteiger partial charge in [-0.05, 0) is 74.5 Å². The van der Waals surface area contributed by atoms with Crippen LogP contribution in [0.5, 0.6) is 0 Å². The summed E-state index contributed by atoms with van der Waals surface area (Å²) in [5, 5.41) is 3.70. The lowest BCUT2D eigenvalue weighted by Crippen LogP contribution is -2.51. The predicted molar refractivity (Wildman–Crippen MR) is 155 cm³/mol. The van der Waals surface area contributed by atoms with Gasteiger partial charge in [0.25, 0.3) is 0 Å². The zero-order valence-electron chi connectivity index (χ0n) is 21.8. The zero-order chi connectivity index (χ0) is 24.7. The van der Waals surface area contributed by atoms with Crippen molar-refractivity contribution in [3.8, 4) is 22.3 Å². The molecule has 0 N–H and O–H groups in total. The van der Waals surface area contributed by atoms with E-state index in [9.17, 15) is 0 Å². The minimum absolute atomic E-state index is 0.662. The van der Waals surface area contributed by atoms with E-state index in [0.717, 1.165) is 5.52 Å². The molecule has 2 nitrogen and oxygen atoms in total. The molecule has 0 unspecified atom stereocenters. The number of aromatic nitrogens is 2. The average Bonchev–Trinajstić information content (AvgIpc) is 3.33. The molecule has 5 rings (SSSR count).